The lowest BCUT2D eigenvalue weighted by molar-refractivity contribution is 0.107. The molecule has 0 aliphatic carbocycles. The second kappa shape index (κ2) is 6.55. The summed E-state index contributed by atoms with van der Waals surface area (Å²) in [5.41, 5.74) is 6.73. The first-order valence-corrected chi connectivity index (χ1v) is 7.76. The van der Waals surface area contributed by atoms with E-state index in [1.807, 2.05) is 23.1 Å². The van der Waals surface area contributed by atoms with Gasteiger partial charge in [-0.25, -0.2) is 0 Å². The van der Waals surface area contributed by atoms with E-state index < -0.39 is 0 Å². The van der Waals surface area contributed by atoms with Gasteiger partial charge in [-0.05, 0) is 24.1 Å². The Bertz CT molecular complexity index is 723. The van der Waals surface area contributed by atoms with Gasteiger partial charge in [-0.15, -0.1) is 0 Å². The summed E-state index contributed by atoms with van der Waals surface area (Å²) >= 11 is 0. The summed E-state index contributed by atoms with van der Waals surface area (Å²) < 4.78 is 8.98. The monoisotopic (exact) mass is 317 g/mol. The highest BCUT2D eigenvalue weighted by molar-refractivity contribution is 5.23. The van der Waals surface area contributed by atoms with Crippen LogP contribution in [0.1, 0.15) is 12.0 Å². The third-order valence-electron chi connectivity index (χ3n) is 4.44. The Labute approximate surface area is 135 Å². The van der Waals surface area contributed by atoms with Gasteiger partial charge in [0.15, 0.2) is 0 Å². The molecule has 0 saturated carbocycles. The number of ether oxygens (including phenoxy) is 1. The Morgan fingerprint density at radius 2 is 2.22 bits per heavy atom. The molecule has 7 heteroatoms. The van der Waals surface area contributed by atoms with Crippen LogP contribution in [0.2, 0.25) is 0 Å². The molecule has 1 fully saturated rings. The number of pyridine rings is 1. The number of aromatic nitrogens is 3. The summed E-state index contributed by atoms with van der Waals surface area (Å²) in [4.78, 5) is 14.1. The number of hydrogen-bond donors (Lipinski definition) is 1. The van der Waals surface area contributed by atoms with Gasteiger partial charge >= 0.3 is 0 Å². The Hall–Kier alpha value is -2.12. The number of anilines is 1. The van der Waals surface area contributed by atoms with E-state index in [0.29, 0.717) is 11.9 Å². The van der Waals surface area contributed by atoms with Gasteiger partial charge in [0.25, 0.3) is 5.56 Å². The van der Waals surface area contributed by atoms with Gasteiger partial charge in [0.2, 0.25) is 0 Å². The summed E-state index contributed by atoms with van der Waals surface area (Å²) in [6.45, 7) is 2.35. The van der Waals surface area contributed by atoms with E-state index >= 15 is 0 Å². The maximum absolute atomic E-state index is 11.8. The molecule has 3 heterocycles. The fourth-order valence-electron chi connectivity index (χ4n) is 3.11. The second-order valence-electron chi connectivity index (χ2n) is 6.12. The van der Waals surface area contributed by atoms with Crippen molar-refractivity contribution in [3.63, 3.8) is 0 Å². The summed E-state index contributed by atoms with van der Waals surface area (Å²) in [6.07, 6.45) is 4.86. The molecule has 124 valence electrons. The average Bonchev–Trinajstić information content (AvgIpc) is 3.10. The van der Waals surface area contributed by atoms with Crippen LogP contribution in [0.4, 0.5) is 5.82 Å². The number of rotatable bonds is 5. The van der Waals surface area contributed by atoms with Gasteiger partial charge in [-0.1, -0.05) is 0 Å². The van der Waals surface area contributed by atoms with Crippen LogP contribution in [-0.2, 0) is 24.9 Å². The first-order valence-electron chi connectivity index (χ1n) is 7.76. The van der Waals surface area contributed by atoms with Crippen molar-refractivity contribution in [1.82, 2.24) is 19.2 Å². The van der Waals surface area contributed by atoms with Crippen molar-refractivity contribution in [2.75, 3.05) is 19.4 Å². The van der Waals surface area contributed by atoms with Gasteiger partial charge in [-0.3, -0.25) is 14.4 Å². The predicted molar refractivity (Wildman–Crippen MR) is 87.9 cm³/mol. The Kier molecular flexibility index (Phi) is 4.49. The van der Waals surface area contributed by atoms with E-state index in [1.165, 1.54) is 0 Å². The Balaban J connectivity index is 1.74. The van der Waals surface area contributed by atoms with Crippen LogP contribution < -0.4 is 11.3 Å². The average molecular weight is 317 g/mol. The van der Waals surface area contributed by atoms with Gasteiger partial charge in [0, 0.05) is 51.7 Å². The van der Waals surface area contributed by atoms with Crippen molar-refractivity contribution < 1.29 is 4.74 Å². The highest BCUT2D eigenvalue weighted by Crippen LogP contribution is 2.23. The zero-order valence-electron chi connectivity index (χ0n) is 13.6. The molecule has 1 saturated heterocycles. The molecule has 2 aromatic heterocycles. The number of hydrogen-bond acceptors (Lipinski definition) is 5. The number of nitrogens with two attached hydrogens (primary N) is 1. The highest BCUT2D eigenvalue weighted by Gasteiger charge is 2.32. The molecule has 7 nitrogen and oxygen atoms in total. The molecule has 0 radical (unpaired) electrons. The molecule has 0 bridgehead atoms. The summed E-state index contributed by atoms with van der Waals surface area (Å²) in [7, 11) is 3.50. The van der Waals surface area contributed by atoms with E-state index in [2.05, 4.69) is 10.00 Å². The van der Waals surface area contributed by atoms with E-state index in [-0.39, 0.29) is 11.7 Å². The fraction of sp³-hybridized carbons (Fsp3) is 0.500. The number of nitrogen functional groups attached to an aromatic ring is 1. The van der Waals surface area contributed by atoms with Crippen LogP contribution in [-0.4, -0.2) is 45.0 Å². The zero-order chi connectivity index (χ0) is 16.4. The predicted octanol–water partition coefficient (Wildman–Crippen LogP) is 0.453. The van der Waals surface area contributed by atoms with E-state index in [4.69, 9.17) is 10.5 Å². The van der Waals surface area contributed by atoms with Gasteiger partial charge in [-0.2, -0.15) is 5.10 Å². The molecular weight excluding hydrogens is 294 g/mol. The van der Waals surface area contributed by atoms with Gasteiger partial charge in [0.1, 0.15) is 5.82 Å². The third kappa shape index (κ3) is 3.62. The quantitative estimate of drug-likeness (QED) is 0.866. The molecule has 0 unspecified atom stereocenters. The molecule has 1 aliphatic rings. The fourth-order valence-corrected chi connectivity index (χ4v) is 3.11. The molecule has 0 aromatic carbocycles. The van der Waals surface area contributed by atoms with Crippen molar-refractivity contribution in [1.29, 1.82) is 0 Å². The molecule has 23 heavy (non-hydrogen) atoms. The molecule has 3 rings (SSSR count). The molecular formula is C16H23N5O2. The lowest BCUT2D eigenvalue weighted by atomic mass is 10.2. The van der Waals surface area contributed by atoms with Crippen molar-refractivity contribution in [3.8, 4) is 0 Å². The number of likely N-dealkylation sites (tertiary alicyclic amines) is 1. The van der Waals surface area contributed by atoms with Crippen LogP contribution in [0, 0.1) is 0 Å². The maximum Gasteiger partial charge on any atom is 0.250 e. The summed E-state index contributed by atoms with van der Waals surface area (Å²) in [5.74, 6) is 0.532. The number of nitrogens with zero attached hydrogens (tertiary/aromatic N) is 4. The highest BCUT2D eigenvalue weighted by atomic mass is 16.5. The van der Waals surface area contributed by atoms with Crippen molar-refractivity contribution in [2.24, 2.45) is 7.05 Å². The number of methoxy groups -OCH3 is 1. The molecule has 0 amide bonds. The molecule has 2 N–H and O–H groups in total. The second-order valence-corrected chi connectivity index (χ2v) is 6.12. The maximum atomic E-state index is 11.8. The molecule has 2 aromatic rings. The number of aryl methyl sites for hydroxylation is 1. The summed E-state index contributed by atoms with van der Waals surface area (Å²) in [5, 5.41) is 4.27. The minimum atomic E-state index is 0.0152. The molecule has 2 atom stereocenters. The van der Waals surface area contributed by atoms with Crippen LogP contribution in [0.5, 0.6) is 0 Å². The minimum Gasteiger partial charge on any atom is -0.382 e. The topological polar surface area (TPSA) is 78.3 Å². The third-order valence-corrected chi connectivity index (χ3v) is 4.44. The van der Waals surface area contributed by atoms with Crippen molar-refractivity contribution in [2.45, 2.75) is 31.7 Å². The zero-order valence-corrected chi connectivity index (χ0v) is 13.6. The lowest BCUT2D eigenvalue weighted by Gasteiger charge is -2.24. The van der Waals surface area contributed by atoms with Crippen LogP contribution in [0.15, 0.2) is 35.4 Å². The Morgan fingerprint density at radius 1 is 1.39 bits per heavy atom. The summed E-state index contributed by atoms with van der Waals surface area (Å²) in [6, 6.07) is 5.80. The Morgan fingerprint density at radius 3 is 2.87 bits per heavy atom. The normalized spacial score (nSPS) is 21.8. The standard InChI is InChI=1S/C16H23N5O2/c1-19-5-3-12(7-16(19)22)9-20-11-14(23-2)8-13(20)10-21-6-4-15(17)18-21/h3-7,13-14H,8-11H2,1-2H3,(H2,17,18)/t13-,14-/m0/s1. The SMILES string of the molecule is CO[C@H]1C[C@@H](Cn2ccc(N)n2)N(Cc2ccn(C)c(=O)c2)C1. The van der Waals surface area contributed by atoms with E-state index in [1.54, 1.807) is 30.9 Å². The first-order chi connectivity index (χ1) is 11.0. The lowest BCUT2D eigenvalue weighted by Crippen LogP contribution is -2.33. The van der Waals surface area contributed by atoms with Crippen molar-refractivity contribution >= 4 is 5.82 Å². The smallest absolute Gasteiger partial charge is 0.250 e. The minimum absolute atomic E-state index is 0.0152. The van der Waals surface area contributed by atoms with Crippen molar-refractivity contribution in [3.05, 3.63) is 46.5 Å². The van der Waals surface area contributed by atoms with Crippen LogP contribution in [0.25, 0.3) is 0 Å². The first kappa shape index (κ1) is 15.8. The van der Waals surface area contributed by atoms with Gasteiger partial charge < -0.3 is 15.0 Å². The van der Waals surface area contributed by atoms with Crippen LogP contribution >= 0.6 is 0 Å². The van der Waals surface area contributed by atoms with Gasteiger partial charge in [0.05, 0.1) is 12.6 Å². The molecule has 1 aliphatic heterocycles. The largest absolute Gasteiger partial charge is 0.382 e. The molecule has 0 spiro atoms. The van der Waals surface area contributed by atoms with Crippen LogP contribution in [0.3, 0.4) is 0 Å². The van der Waals surface area contributed by atoms with E-state index in [0.717, 1.165) is 31.6 Å². The van der Waals surface area contributed by atoms with E-state index in [9.17, 15) is 4.79 Å².